The molecule has 0 rings (SSSR count). The van der Waals surface area contributed by atoms with Crippen LogP contribution in [0.4, 0.5) is 4.39 Å². The molecule has 0 saturated carbocycles. The smallest absolute Gasteiger partial charge is 0.135 e. The minimum Gasteiger partial charge on any atom is -0.239 e. The van der Waals surface area contributed by atoms with E-state index in [1.165, 1.54) is 11.8 Å². The van der Waals surface area contributed by atoms with Crippen LogP contribution in [0, 0.1) is 5.75 Å². The molecule has 0 unspecified atom stereocenters. The molecule has 0 aliphatic rings. The first-order valence-electron chi connectivity index (χ1n) is 1.37. The van der Waals surface area contributed by atoms with E-state index in [1.807, 2.05) is 6.92 Å². The molecule has 0 N–H and O–H groups in total. The van der Waals surface area contributed by atoms with Gasteiger partial charge in [-0.2, -0.15) is 0 Å². The average Bonchev–Trinajstić information content (AvgIpc) is 1.41. The van der Waals surface area contributed by atoms with Crippen molar-refractivity contribution in [2.24, 2.45) is 0 Å². The van der Waals surface area contributed by atoms with Crippen LogP contribution in [-0.2, 0) is 0 Å². The molecule has 1 radical (unpaired) electrons. The SMILES string of the molecule is C[CH]SCF. The first-order valence-corrected chi connectivity index (χ1v) is 2.42. The number of rotatable bonds is 2. The van der Waals surface area contributed by atoms with Gasteiger partial charge in [0.05, 0.1) is 0 Å². The van der Waals surface area contributed by atoms with Gasteiger partial charge in [0, 0.05) is 5.75 Å². The Labute approximate surface area is 35.8 Å². The van der Waals surface area contributed by atoms with Gasteiger partial charge in [0.15, 0.2) is 0 Å². The summed E-state index contributed by atoms with van der Waals surface area (Å²) in [5.74, 6) is 1.72. The molecule has 0 heterocycles. The zero-order valence-electron chi connectivity index (χ0n) is 3.07. The largest absolute Gasteiger partial charge is 0.239 e. The van der Waals surface area contributed by atoms with Crippen LogP contribution >= 0.6 is 11.8 Å². The van der Waals surface area contributed by atoms with E-state index in [1.54, 1.807) is 5.75 Å². The van der Waals surface area contributed by atoms with E-state index >= 15 is 0 Å². The number of hydrogen-bond acceptors (Lipinski definition) is 1. The first-order chi connectivity index (χ1) is 2.41. The van der Waals surface area contributed by atoms with Crippen molar-refractivity contribution < 1.29 is 4.39 Å². The van der Waals surface area contributed by atoms with Crippen molar-refractivity contribution in [2.45, 2.75) is 6.92 Å². The summed E-state index contributed by atoms with van der Waals surface area (Å²) in [6.07, 6.45) is 0. The fourth-order valence-electron chi connectivity index (χ4n) is 0.0630. The Morgan fingerprint density at radius 3 is 2.60 bits per heavy atom. The van der Waals surface area contributed by atoms with Crippen LogP contribution < -0.4 is 0 Å². The Bertz CT molecular complexity index is 14.4. The molecule has 0 saturated heterocycles. The summed E-state index contributed by atoms with van der Waals surface area (Å²) >= 11 is 1.17. The third kappa shape index (κ3) is 4.28. The van der Waals surface area contributed by atoms with Crippen LogP contribution in [0.1, 0.15) is 6.92 Å². The summed E-state index contributed by atoms with van der Waals surface area (Å²) in [7, 11) is 0. The molecule has 31 valence electrons. The number of thioether (sulfide) groups is 1. The van der Waals surface area contributed by atoms with Gasteiger partial charge >= 0.3 is 0 Å². The molecular weight excluding hydrogens is 87.1 g/mol. The van der Waals surface area contributed by atoms with Crippen molar-refractivity contribution >= 4 is 11.8 Å². The maximum absolute atomic E-state index is 10.9. The zero-order valence-corrected chi connectivity index (χ0v) is 3.89. The minimum absolute atomic E-state index is 0.295. The zero-order chi connectivity index (χ0) is 4.12. The molecule has 0 aromatic heterocycles. The van der Waals surface area contributed by atoms with Gasteiger partial charge in [0.25, 0.3) is 0 Å². The second-order valence-electron chi connectivity index (χ2n) is 0.511. The highest BCUT2D eigenvalue weighted by Crippen LogP contribution is 2.01. The maximum Gasteiger partial charge on any atom is 0.135 e. The number of hydrogen-bond donors (Lipinski definition) is 0. The summed E-state index contributed by atoms with van der Waals surface area (Å²) < 4.78 is 10.9. The van der Waals surface area contributed by atoms with E-state index in [0.717, 1.165) is 0 Å². The fraction of sp³-hybridized carbons (Fsp3) is 0.667. The van der Waals surface area contributed by atoms with Crippen LogP contribution in [0.3, 0.4) is 0 Å². The van der Waals surface area contributed by atoms with Gasteiger partial charge in [-0.05, 0) is 0 Å². The van der Waals surface area contributed by atoms with Crippen LogP contribution in [0.5, 0.6) is 0 Å². The van der Waals surface area contributed by atoms with Crippen molar-refractivity contribution in [3.63, 3.8) is 0 Å². The Kier molecular flexibility index (Phi) is 4.52. The average molecular weight is 93.1 g/mol. The van der Waals surface area contributed by atoms with E-state index in [-0.39, 0.29) is 6.01 Å². The van der Waals surface area contributed by atoms with Crippen molar-refractivity contribution in [3.8, 4) is 0 Å². The van der Waals surface area contributed by atoms with Gasteiger partial charge in [-0.1, -0.05) is 6.92 Å². The molecule has 0 aromatic carbocycles. The summed E-state index contributed by atoms with van der Waals surface area (Å²) in [6, 6.07) is -0.295. The lowest BCUT2D eigenvalue weighted by Gasteiger charge is -1.76. The van der Waals surface area contributed by atoms with Crippen LogP contribution in [0.2, 0.25) is 0 Å². The Hall–Kier alpha value is 0.280. The van der Waals surface area contributed by atoms with Gasteiger partial charge in [-0.25, -0.2) is 4.39 Å². The van der Waals surface area contributed by atoms with Gasteiger partial charge < -0.3 is 0 Å². The minimum atomic E-state index is -0.295. The highest BCUT2D eigenvalue weighted by molar-refractivity contribution is 8.01. The van der Waals surface area contributed by atoms with E-state index in [2.05, 4.69) is 0 Å². The van der Waals surface area contributed by atoms with Crippen LogP contribution in [0.15, 0.2) is 0 Å². The van der Waals surface area contributed by atoms with Crippen molar-refractivity contribution in [2.75, 3.05) is 6.01 Å². The second kappa shape index (κ2) is 4.28. The summed E-state index contributed by atoms with van der Waals surface area (Å²) in [4.78, 5) is 0. The maximum atomic E-state index is 10.9. The topological polar surface area (TPSA) is 0 Å². The molecule has 0 fully saturated rings. The fourth-order valence-corrected chi connectivity index (χ4v) is 0.189. The third-order valence-electron chi connectivity index (χ3n) is 0.230. The molecule has 0 atom stereocenters. The molecule has 0 aliphatic carbocycles. The van der Waals surface area contributed by atoms with Crippen LogP contribution in [-0.4, -0.2) is 6.01 Å². The van der Waals surface area contributed by atoms with Crippen LogP contribution in [0.25, 0.3) is 0 Å². The molecular formula is C3H6FS. The monoisotopic (exact) mass is 93.0 g/mol. The highest BCUT2D eigenvalue weighted by Gasteiger charge is 1.71. The van der Waals surface area contributed by atoms with Crippen molar-refractivity contribution in [3.05, 3.63) is 5.75 Å². The number of alkyl halides is 1. The van der Waals surface area contributed by atoms with Gasteiger partial charge in [-0.3, -0.25) is 0 Å². The molecule has 0 aliphatic heterocycles. The first kappa shape index (κ1) is 5.28. The molecule has 0 bridgehead atoms. The van der Waals surface area contributed by atoms with Crippen molar-refractivity contribution in [1.29, 1.82) is 0 Å². The highest BCUT2D eigenvalue weighted by atomic mass is 32.2. The molecule has 5 heavy (non-hydrogen) atoms. The summed E-state index contributed by atoms with van der Waals surface area (Å²) in [6.45, 7) is 1.81. The standard InChI is InChI=1S/C3H6FS/c1-2-5-3-4/h2H,3H2,1H3. The van der Waals surface area contributed by atoms with E-state index in [0.29, 0.717) is 0 Å². The van der Waals surface area contributed by atoms with Gasteiger partial charge in [0.2, 0.25) is 0 Å². The van der Waals surface area contributed by atoms with E-state index in [4.69, 9.17) is 0 Å². The van der Waals surface area contributed by atoms with Gasteiger partial charge in [0.1, 0.15) is 6.01 Å². The Morgan fingerprint density at radius 2 is 2.60 bits per heavy atom. The summed E-state index contributed by atoms with van der Waals surface area (Å²) in [5, 5.41) is 0. The van der Waals surface area contributed by atoms with Crippen molar-refractivity contribution in [1.82, 2.24) is 0 Å². The summed E-state index contributed by atoms with van der Waals surface area (Å²) in [5.41, 5.74) is 0. The quantitative estimate of drug-likeness (QED) is 0.502. The molecule has 0 nitrogen and oxygen atoms in total. The lowest BCUT2D eigenvalue weighted by Crippen LogP contribution is -1.54. The second-order valence-corrected chi connectivity index (χ2v) is 1.53. The van der Waals surface area contributed by atoms with Gasteiger partial charge in [-0.15, -0.1) is 11.8 Å². The lowest BCUT2D eigenvalue weighted by atomic mass is 11.0. The Morgan fingerprint density at radius 1 is 2.00 bits per heavy atom. The molecule has 0 amide bonds. The predicted molar refractivity (Wildman–Crippen MR) is 23.5 cm³/mol. The molecule has 0 spiro atoms. The predicted octanol–water partition coefficient (Wildman–Crippen LogP) is 1.83. The normalized spacial score (nSPS) is 8.40. The molecule has 0 aromatic rings. The van der Waals surface area contributed by atoms with E-state index < -0.39 is 0 Å². The lowest BCUT2D eigenvalue weighted by molar-refractivity contribution is 0.606. The van der Waals surface area contributed by atoms with E-state index in [9.17, 15) is 4.39 Å². The number of halogens is 1. The third-order valence-corrected chi connectivity index (χ3v) is 0.689. The Balaban J connectivity index is 2.19. The molecule has 2 heteroatoms.